The van der Waals surface area contributed by atoms with Crippen molar-refractivity contribution in [2.45, 2.75) is 10.4 Å². The maximum absolute atomic E-state index is 12.1. The zero-order valence-corrected chi connectivity index (χ0v) is 8.39. The molecule has 0 spiro atoms. The van der Waals surface area contributed by atoms with Gasteiger partial charge in [0.2, 0.25) is 0 Å². The van der Waals surface area contributed by atoms with Gasteiger partial charge in [-0.3, -0.25) is 0 Å². The quantitative estimate of drug-likeness (QED) is 0.722. The monoisotopic (exact) mass is 244 g/mol. The molecule has 2 aromatic rings. The van der Waals surface area contributed by atoms with Gasteiger partial charge in [0.05, 0.1) is 0 Å². The van der Waals surface area contributed by atoms with Gasteiger partial charge in [0.15, 0.2) is 11.7 Å². The van der Waals surface area contributed by atoms with Gasteiger partial charge in [0.1, 0.15) is 5.52 Å². The van der Waals surface area contributed by atoms with Crippen molar-refractivity contribution in [1.82, 2.24) is 4.98 Å². The van der Waals surface area contributed by atoms with Gasteiger partial charge < -0.3 is 4.42 Å². The molecule has 0 bridgehead atoms. The second kappa shape index (κ2) is 3.72. The molecule has 82 valence electrons. The van der Waals surface area contributed by atoms with E-state index < -0.39 is 5.51 Å². The average molecular weight is 244 g/mol. The van der Waals surface area contributed by atoms with Crippen molar-refractivity contribution in [2.75, 3.05) is 0 Å². The van der Waals surface area contributed by atoms with Crippen LogP contribution in [-0.2, 0) is 0 Å². The molecule has 3 nitrogen and oxygen atoms in total. The van der Waals surface area contributed by atoms with Crippen molar-refractivity contribution < 1.29 is 17.6 Å². The first-order valence-electron chi connectivity index (χ1n) is 4.04. The van der Waals surface area contributed by atoms with E-state index in [0.717, 1.165) is 0 Å². The molecule has 0 unspecified atom stereocenters. The van der Waals surface area contributed by atoms with Crippen molar-refractivity contribution in [3.63, 3.8) is 0 Å². The fourth-order valence-corrected chi connectivity index (χ4v) is 1.73. The van der Waals surface area contributed by atoms with Crippen molar-refractivity contribution in [1.29, 1.82) is 5.26 Å². The maximum atomic E-state index is 12.1. The van der Waals surface area contributed by atoms with Crippen LogP contribution in [-0.4, -0.2) is 10.5 Å². The molecule has 1 aromatic carbocycles. The number of fused-ring (bicyclic) bond motifs is 1. The van der Waals surface area contributed by atoms with Gasteiger partial charge in [-0.2, -0.15) is 23.4 Å². The molecule has 0 radical (unpaired) electrons. The van der Waals surface area contributed by atoms with Crippen LogP contribution in [0.25, 0.3) is 11.1 Å². The number of thioether (sulfide) groups is 1. The van der Waals surface area contributed by atoms with Gasteiger partial charge in [-0.1, -0.05) is 0 Å². The molecule has 16 heavy (non-hydrogen) atoms. The molecule has 0 aliphatic rings. The van der Waals surface area contributed by atoms with E-state index in [1.165, 1.54) is 18.2 Å². The first-order chi connectivity index (χ1) is 7.48. The molecule has 1 heterocycles. The Bertz CT molecular complexity index is 570. The lowest BCUT2D eigenvalue weighted by molar-refractivity contribution is -0.0328. The molecule has 1 aromatic heterocycles. The minimum absolute atomic E-state index is 0.0118. The lowest BCUT2D eigenvalue weighted by Crippen LogP contribution is -1.98. The van der Waals surface area contributed by atoms with Gasteiger partial charge in [-0.05, 0) is 30.0 Å². The van der Waals surface area contributed by atoms with Gasteiger partial charge >= 0.3 is 11.4 Å². The summed E-state index contributed by atoms with van der Waals surface area (Å²) < 4.78 is 41.2. The minimum Gasteiger partial charge on any atom is -0.428 e. The van der Waals surface area contributed by atoms with E-state index in [1.54, 1.807) is 6.07 Å². The Morgan fingerprint density at radius 2 is 2.12 bits per heavy atom. The van der Waals surface area contributed by atoms with Crippen LogP contribution in [0.5, 0.6) is 0 Å². The molecule has 2 rings (SSSR count). The third kappa shape index (κ3) is 2.28. The van der Waals surface area contributed by atoms with E-state index >= 15 is 0 Å². The molecule has 0 aliphatic carbocycles. The van der Waals surface area contributed by atoms with Gasteiger partial charge in [0.25, 0.3) is 0 Å². The molecule has 0 saturated heterocycles. The summed E-state index contributed by atoms with van der Waals surface area (Å²) >= 11 is -0.232. The Labute approximate surface area is 91.9 Å². The third-order valence-electron chi connectivity index (χ3n) is 1.69. The number of aromatic nitrogens is 1. The number of alkyl halides is 3. The van der Waals surface area contributed by atoms with Crippen LogP contribution < -0.4 is 0 Å². The largest absolute Gasteiger partial charge is 0.446 e. The summed E-state index contributed by atoms with van der Waals surface area (Å²) in [7, 11) is 0. The summed E-state index contributed by atoms with van der Waals surface area (Å²) in [5, 5.41) is 8.50. The van der Waals surface area contributed by atoms with E-state index in [0.29, 0.717) is 5.58 Å². The van der Waals surface area contributed by atoms with Gasteiger partial charge in [0, 0.05) is 4.90 Å². The predicted molar refractivity (Wildman–Crippen MR) is 50.6 cm³/mol. The van der Waals surface area contributed by atoms with Crippen LogP contribution in [0.4, 0.5) is 13.2 Å². The zero-order valence-electron chi connectivity index (χ0n) is 7.58. The molecule has 0 N–H and O–H groups in total. The van der Waals surface area contributed by atoms with Crippen LogP contribution in [0.2, 0.25) is 0 Å². The minimum atomic E-state index is -4.34. The summed E-state index contributed by atoms with van der Waals surface area (Å²) in [4.78, 5) is 3.73. The molecule has 0 fully saturated rings. The highest BCUT2D eigenvalue weighted by Gasteiger charge is 2.29. The van der Waals surface area contributed by atoms with Crippen molar-refractivity contribution in [3.05, 3.63) is 24.1 Å². The van der Waals surface area contributed by atoms with E-state index in [2.05, 4.69) is 4.98 Å². The van der Waals surface area contributed by atoms with E-state index in [-0.39, 0.29) is 28.1 Å². The first-order valence-corrected chi connectivity index (χ1v) is 4.86. The highest BCUT2D eigenvalue weighted by molar-refractivity contribution is 8.00. The summed E-state index contributed by atoms with van der Waals surface area (Å²) in [5.41, 5.74) is -3.80. The van der Waals surface area contributed by atoms with Crippen LogP contribution in [0.1, 0.15) is 5.89 Å². The average Bonchev–Trinajstić information content (AvgIpc) is 2.57. The van der Waals surface area contributed by atoms with Crippen molar-refractivity contribution in [3.8, 4) is 6.07 Å². The van der Waals surface area contributed by atoms with Crippen LogP contribution in [0.15, 0.2) is 27.5 Å². The number of rotatable bonds is 1. The Kier molecular flexibility index (Phi) is 2.52. The van der Waals surface area contributed by atoms with Gasteiger partial charge in [-0.15, -0.1) is 0 Å². The van der Waals surface area contributed by atoms with Gasteiger partial charge in [-0.25, -0.2) is 0 Å². The van der Waals surface area contributed by atoms with E-state index in [1.807, 2.05) is 0 Å². The van der Waals surface area contributed by atoms with Crippen molar-refractivity contribution in [2.24, 2.45) is 0 Å². The topological polar surface area (TPSA) is 49.8 Å². The van der Waals surface area contributed by atoms with Crippen molar-refractivity contribution >= 4 is 22.9 Å². The van der Waals surface area contributed by atoms with Crippen LogP contribution in [0, 0.1) is 11.3 Å². The highest BCUT2D eigenvalue weighted by Crippen LogP contribution is 2.37. The summed E-state index contributed by atoms with van der Waals surface area (Å²) in [6, 6.07) is 5.54. The number of benzene rings is 1. The third-order valence-corrected chi connectivity index (χ3v) is 2.41. The number of oxazole rings is 1. The summed E-state index contributed by atoms with van der Waals surface area (Å²) in [6.45, 7) is 0. The maximum Gasteiger partial charge on any atom is 0.446 e. The van der Waals surface area contributed by atoms with Crippen LogP contribution >= 0.6 is 11.8 Å². The molecule has 7 heteroatoms. The molecular formula is C9H3F3N2OS. The lowest BCUT2D eigenvalue weighted by Gasteiger charge is -2.04. The number of nitriles is 1. The SMILES string of the molecule is N#Cc1nc2cc(SC(F)(F)F)ccc2o1. The number of nitrogens with zero attached hydrogens (tertiary/aromatic N) is 2. The normalized spacial score (nSPS) is 11.6. The molecule has 0 atom stereocenters. The van der Waals surface area contributed by atoms with E-state index in [4.69, 9.17) is 9.68 Å². The molecular weight excluding hydrogens is 241 g/mol. The van der Waals surface area contributed by atoms with Crippen LogP contribution in [0.3, 0.4) is 0 Å². The Morgan fingerprint density at radius 1 is 1.38 bits per heavy atom. The number of hydrogen-bond donors (Lipinski definition) is 0. The predicted octanol–water partition coefficient (Wildman–Crippen LogP) is 3.31. The number of halogens is 3. The second-order valence-electron chi connectivity index (χ2n) is 2.81. The Hall–Kier alpha value is -1.68. The standard InChI is InChI=1S/C9H3F3N2OS/c10-9(11,12)16-5-1-2-7-6(3-5)14-8(4-13)15-7/h1-3H. The Balaban J connectivity index is 2.40. The fourth-order valence-electron chi connectivity index (χ4n) is 1.15. The molecule has 0 aliphatic heterocycles. The Morgan fingerprint density at radius 3 is 2.75 bits per heavy atom. The molecule has 0 amide bonds. The molecule has 0 saturated carbocycles. The van der Waals surface area contributed by atoms with E-state index in [9.17, 15) is 13.2 Å². The smallest absolute Gasteiger partial charge is 0.428 e. The first kappa shape index (κ1) is 10.8. The summed E-state index contributed by atoms with van der Waals surface area (Å²) in [6.07, 6.45) is 0. The highest BCUT2D eigenvalue weighted by atomic mass is 32.2. The second-order valence-corrected chi connectivity index (χ2v) is 3.95. The number of hydrogen-bond acceptors (Lipinski definition) is 4. The zero-order chi connectivity index (χ0) is 11.8. The fraction of sp³-hybridized carbons (Fsp3) is 0.111. The lowest BCUT2D eigenvalue weighted by atomic mass is 10.3. The summed E-state index contributed by atoms with van der Waals surface area (Å²) in [5.74, 6) is -0.163.